The van der Waals surface area contributed by atoms with Crippen molar-refractivity contribution in [1.29, 1.82) is 0 Å². The fourth-order valence-electron chi connectivity index (χ4n) is 2.14. The Hall–Kier alpha value is -2.13. The van der Waals surface area contributed by atoms with E-state index in [1.165, 1.54) is 0 Å². The van der Waals surface area contributed by atoms with Gasteiger partial charge >= 0.3 is 5.97 Å². The molecule has 0 bridgehead atoms. The highest BCUT2D eigenvalue weighted by Gasteiger charge is 2.17. The second-order valence-electron chi connectivity index (χ2n) is 5.55. The molecule has 1 atom stereocenters. The highest BCUT2D eigenvalue weighted by molar-refractivity contribution is 5.78. The van der Waals surface area contributed by atoms with Gasteiger partial charge in [-0.05, 0) is 35.6 Å². The summed E-state index contributed by atoms with van der Waals surface area (Å²) in [6, 6.07) is 16.9. The first-order chi connectivity index (χ1) is 11.1. The Morgan fingerprint density at radius 2 is 1.48 bits per heavy atom. The van der Waals surface area contributed by atoms with Crippen LogP contribution in [0.4, 0.5) is 0 Å². The topological polar surface area (TPSA) is 52.3 Å². The molecular weight excluding hydrogens is 286 g/mol. The van der Waals surface area contributed by atoms with Crippen LogP contribution in [-0.4, -0.2) is 12.0 Å². The Kier molecular flexibility index (Phi) is 8.06. The lowest BCUT2D eigenvalue weighted by Gasteiger charge is -2.13. The van der Waals surface area contributed by atoms with Crippen LogP contribution in [0.3, 0.4) is 0 Å². The molecule has 0 aliphatic heterocycles. The molecule has 1 unspecified atom stereocenters. The highest BCUT2D eigenvalue weighted by atomic mass is 16.5. The van der Waals surface area contributed by atoms with Crippen LogP contribution in [0.2, 0.25) is 0 Å². The van der Waals surface area contributed by atoms with Gasteiger partial charge in [0.15, 0.2) is 0 Å². The molecule has 0 saturated heterocycles. The Morgan fingerprint density at radius 3 is 2.00 bits per heavy atom. The van der Waals surface area contributed by atoms with Gasteiger partial charge in [-0.2, -0.15) is 0 Å². The number of hydrogen-bond donors (Lipinski definition) is 1. The Labute approximate surface area is 139 Å². The molecule has 2 N–H and O–H groups in total. The van der Waals surface area contributed by atoms with Crippen molar-refractivity contribution in [2.45, 2.75) is 40.2 Å². The van der Waals surface area contributed by atoms with Crippen molar-refractivity contribution in [2.75, 3.05) is 0 Å². The van der Waals surface area contributed by atoms with E-state index in [4.69, 9.17) is 10.5 Å². The van der Waals surface area contributed by atoms with Crippen LogP contribution in [0.25, 0.3) is 11.1 Å². The van der Waals surface area contributed by atoms with E-state index in [1.54, 1.807) is 12.1 Å². The normalized spacial score (nSPS) is 11.4. The average molecular weight is 313 g/mol. The van der Waals surface area contributed by atoms with Crippen molar-refractivity contribution in [3.8, 4) is 16.9 Å². The second-order valence-corrected chi connectivity index (χ2v) is 5.55. The average Bonchev–Trinajstić information content (AvgIpc) is 2.57. The molecule has 0 fully saturated rings. The monoisotopic (exact) mass is 313 g/mol. The third-order valence-corrected chi connectivity index (χ3v) is 3.21. The van der Waals surface area contributed by atoms with Crippen molar-refractivity contribution in [3.63, 3.8) is 0 Å². The van der Waals surface area contributed by atoms with Crippen molar-refractivity contribution in [3.05, 3.63) is 54.6 Å². The minimum Gasteiger partial charge on any atom is -0.425 e. The Balaban J connectivity index is 0.00000127. The first-order valence-electron chi connectivity index (χ1n) is 8.19. The van der Waals surface area contributed by atoms with E-state index >= 15 is 0 Å². The molecular formula is C20H27NO2. The first-order valence-corrected chi connectivity index (χ1v) is 8.19. The van der Waals surface area contributed by atoms with E-state index in [0.29, 0.717) is 18.1 Å². The molecule has 2 aromatic rings. The maximum atomic E-state index is 11.9. The molecule has 0 saturated carbocycles. The molecule has 3 heteroatoms. The summed E-state index contributed by atoms with van der Waals surface area (Å²) >= 11 is 0. The summed E-state index contributed by atoms with van der Waals surface area (Å²) in [5.74, 6) is 0.517. The third-order valence-electron chi connectivity index (χ3n) is 3.21. The van der Waals surface area contributed by atoms with Gasteiger partial charge in [0.1, 0.15) is 11.8 Å². The van der Waals surface area contributed by atoms with Crippen LogP contribution in [0.15, 0.2) is 54.6 Å². The maximum absolute atomic E-state index is 11.9. The molecule has 0 aliphatic rings. The number of ether oxygens (including phenoxy) is 1. The van der Waals surface area contributed by atoms with Gasteiger partial charge in [-0.25, -0.2) is 4.79 Å². The van der Waals surface area contributed by atoms with Gasteiger partial charge in [0, 0.05) is 0 Å². The number of nitrogens with two attached hydrogens (primary N) is 1. The van der Waals surface area contributed by atoms with Crippen LogP contribution < -0.4 is 10.5 Å². The lowest BCUT2D eigenvalue weighted by molar-refractivity contribution is -0.136. The summed E-state index contributed by atoms with van der Waals surface area (Å²) < 4.78 is 5.30. The Bertz CT molecular complexity index is 576. The molecule has 3 nitrogen and oxygen atoms in total. The van der Waals surface area contributed by atoms with Crippen LogP contribution in [0, 0.1) is 5.92 Å². The zero-order chi connectivity index (χ0) is 17.2. The zero-order valence-electron chi connectivity index (χ0n) is 14.5. The number of rotatable bonds is 5. The maximum Gasteiger partial charge on any atom is 0.328 e. The van der Waals surface area contributed by atoms with Gasteiger partial charge in [0.2, 0.25) is 0 Å². The van der Waals surface area contributed by atoms with Crippen molar-refractivity contribution >= 4 is 5.97 Å². The van der Waals surface area contributed by atoms with Crippen molar-refractivity contribution < 1.29 is 9.53 Å². The van der Waals surface area contributed by atoms with E-state index in [-0.39, 0.29) is 5.97 Å². The Morgan fingerprint density at radius 1 is 0.957 bits per heavy atom. The highest BCUT2D eigenvalue weighted by Crippen LogP contribution is 2.22. The minimum atomic E-state index is -0.571. The summed E-state index contributed by atoms with van der Waals surface area (Å²) in [4.78, 5) is 11.9. The summed E-state index contributed by atoms with van der Waals surface area (Å²) in [5.41, 5.74) is 8.03. The number of carbonyl (C=O) groups excluding carboxylic acids is 1. The van der Waals surface area contributed by atoms with Crippen LogP contribution >= 0.6 is 0 Å². The molecule has 0 aromatic heterocycles. The van der Waals surface area contributed by atoms with Gasteiger partial charge in [-0.1, -0.05) is 70.2 Å². The van der Waals surface area contributed by atoms with Crippen LogP contribution in [0.1, 0.15) is 34.1 Å². The predicted molar refractivity (Wildman–Crippen MR) is 96.3 cm³/mol. The second kappa shape index (κ2) is 9.80. The van der Waals surface area contributed by atoms with E-state index in [9.17, 15) is 4.79 Å². The smallest absolute Gasteiger partial charge is 0.328 e. The fraction of sp³-hybridized carbons (Fsp3) is 0.350. The lowest BCUT2D eigenvalue weighted by Crippen LogP contribution is -2.35. The van der Waals surface area contributed by atoms with Crippen LogP contribution in [-0.2, 0) is 4.79 Å². The summed E-state index contributed by atoms with van der Waals surface area (Å²) in [6.07, 6.45) is 0.626. The van der Waals surface area contributed by atoms with Gasteiger partial charge in [0.25, 0.3) is 0 Å². The van der Waals surface area contributed by atoms with Crippen LogP contribution in [0.5, 0.6) is 5.75 Å². The quantitative estimate of drug-likeness (QED) is 0.645. The fourth-order valence-corrected chi connectivity index (χ4v) is 2.14. The molecule has 124 valence electrons. The van der Waals surface area contributed by atoms with Gasteiger partial charge < -0.3 is 10.5 Å². The molecule has 0 aliphatic carbocycles. The largest absolute Gasteiger partial charge is 0.425 e. The molecule has 0 heterocycles. The molecule has 0 radical (unpaired) electrons. The number of esters is 1. The number of carbonyl (C=O) groups is 1. The molecule has 0 spiro atoms. The standard InChI is InChI=1S/C18H21NO2.C2H6/c1-13(2)12-17(19)18(20)21-16-10-8-15(9-11-16)14-6-4-3-5-7-14;1-2/h3-11,13,17H,12,19H2,1-2H3;1-2H3. The van der Waals surface area contributed by atoms with Gasteiger partial charge in [-0.3, -0.25) is 0 Å². The van der Waals surface area contributed by atoms with E-state index in [0.717, 1.165) is 11.1 Å². The van der Waals surface area contributed by atoms with E-state index < -0.39 is 6.04 Å². The van der Waals surface area contributed by atoms with Gasteiger partial charge in [0.05, 0.1) is 0 Å². The van der Waals surface area contributed by atoms with E-state index in [2.05, 4.69) is 0 Å². The SMILES string of the molecule is CC.CC(C)CC(N)C(=O)Oc1ccc(-c2ccccc2)cc1. The van der Waals surface area contributed by atoms with Gasteiger partial charge in [-0.15, -0.1) is 0 Å². The summed E-state index contributed by atoms with van der Waals surface area (Å²) in [5, 5.41) is 0. The molecule has 2 aromatic carbocycles. The third kappa shape index (κ3) is 6.25. The summed E-state index contributed by atoms with van der Waals surface area (Å²) in [7, 11) is 0. The van der Waals surface area contributed by atoms with E-state index in [1.807, 2.05) is 70.2 Å². The molecule has 2 rings (SSSR count). The summed E-state index contributed by atoms with van der Waals surface area (Å²) in [6.45, 7) is 8.06. The lowest BCUT2D eigenvalue weighted by atomic mass is 10.0. The zero-order valence-corrected chi connectivity index (χ0v) is 14.5. The first kappa shape index (κ1) is 18.9. The number of benzene rings is 2. The van der Waals surface area contributed by atoms with Crippen molar-refractivity contribution in [1.82, 2.24) is 0 Å². The molecule has 0 amide bonds. The minimum absolute atomic E-state index is 0.369. The van der Waals surface area contributed by atoms with Crippen molar-refractivity contribution in [2.24, 2.45) is 11.7 Å². The number of hydrogen-bond acceptors (Lipinski definition) is 3. The molecule has 23 heavy (non-hydrogen) atoms. The predicted octanol–water partition coefficient (Wildman–Crippen LogP) is 4.66.